The Kier molecular flexibility index (Phi) is 5.45. The SMILES string of the molecule is CC1CCCN(CC(C)NC(=O)N2CCOCC2)C1. The van der Waals surface area contributed by atoms with Gasteiger partial charge in [0.25, 0.3) is 0 Å². The van der Waals surface area contributed by atoms with E-state index in [-0.39, 0.29) is 12.1 Å². The second-order valence-corrected chi connectivity index (χ2v) is 5.96. The number of urea groups is 1. The molecule has 5 heteroatoms. The van der Waals surface area contributed by atoms with Crippen LogP contribution < -0.4 is 5.32 Å². The van der Waals surface area contributed by atoms with E-state index in [1.54, 1.807) is 0 Å². The summed E-state index contributed by atoms with van der Waals surface area (Å²) in [4.78, 5) is 16.4. The number of hydrogen-bond acceptors (Lipinski definition) is 3. The van der Waals surface area contributed by atoms with E-state index in [4.69, 9.17) is 4.74 Å². The highest BCUT2D eigenvalue weighted by atomic mass is 16.5. The lowest BCUT2D eigenvalue weighted by Crippen LogP contribution is -2.51. The first-order chi connectivity index (χ1) is 9.15. The Balaban J connectivity index is 1.70. The number of amides is 2. The summed E-state index contributed by atoms with van der Waals surface area (Å²) in [7, 11) is 0. The van der Waals surface area contributed by atoms with Gasteiger partial charge in [0.05, 0.1) is 13.2 Å². The zero-order chi connectivity index (χ0) is 13.7. The Morgan fingerprint density at radius 3 is 2.79 bits per heavy atom. The average molecular weight is 269 g/mol. The number of carbonyl (C=O) groups is 1. The zero-order valence-corrected chi connectivity index (χ0v) is 12.2. The maximum Gasteiger partial charge on any atom is 0.317 e. The van der Waals surface area contributed by atoms with Crippen molar-refractivity contribution in [2.45, 2.75) is 32.7 Å². The van der Waals surface area contributed by atoms with E-state index in [1.165, 1.54) is 19.4 Å². The van der Waals surface area contributed by atoms with Crippen molar-refractivity contribution < 1.29 is 9.53 Å². The van der Waals surface area contributed by atoms with Crippen molar-refractivity contribution in [2.75, 3.05) is 45.9 Å². The van der Waals surface area contributed by atoms with Crippen molar-refractivity contribution in [1.82, 2.24) is 15.1 Å². The second kappa shape index (κ2) is 7.10. The lowest BCUT2D eigenvalue weighted by atomic mass is 10.00. The first-order valence-corrected chi connectivity index (χ1v) is 7.50. The molecule has 0 spiro atoms. The molecular weight excluding hydrogens is 242 g/mol. The molecule has 1 N–H and O–H groups in total. The summed E-state index contributed by atoms with van der Waals surface area (Å²) < 4.78 is 5.26. The van der Waals surface area contributed by atoms with Gasteiger partial charge in [-0.3, -0.25) is 0 Å². The van der Waals surface area contributed by atoms with Gasteiger partial charge in [-0.2, -0.15) is 0 Å². The van der Waals surface area contributed by atoms with Crippen molar-refractivity contribution in [3.8, 4) is 0 Å². The first-order valence-electron chi connectivity index (χ1n) is 7.50. The summed E-state index contributed by atoms with van der Waals surface area (Å²) in [5, 5.41) is 3.10. The van der Waals surface area contributed by atoms with E-state index in [9.17, 15) is 4.79 Å². The van der Waals surface area contributed by atoms with Crippen molar-refractivity contribution in [3.05, 3.63) is 0 Å². The molecule has 2 rings (SSSR count). The monoisotopic (exact) mass is 269 g/mol. The molecule has 2 amide bonds. The highest BCUT2D eigenvalue weighted by molar-refractivity contribution is 5.74. The first kappa shape index (κ1) is 14.6. The van der Waals surface area contributed by atoms with Crippen LogP contribution in [0.15, 0.2) is 0 Å². The number of nitrogens with zero attached hydrogens (tertiary/aromatic N) is 2. The van der Waals surface area contributed by atoms with Crippen molar-refractivity contribution >= 4 is 6.03 Å². The maximum absolute atomic E-state index is 12.1. The predicted octanol–water partition coefficient (Wildman–Crippen LogP) is 1.15. The zero-order valence-electron chi connectivity index (χ0n) is 12.2. The van der Waals surface area contributed by atoms with E-state index in [2.05, 4.69) is 24.1 Å². The van der Waals surface area contributed by atoms with Gasteiger partial charge in [0.2, 0.25) is 0 Å². The van der Waals surface area contributed by atoms with Gasteiger partial charge in [-0.15, -0.1) is 0 Å². The van der Waals surface area contributed by atoms with Crippen LogP contribution in [0.4, 0.5) is 4.79 Å². The van der Waals surface area contributed by atoms with Gasteiger partial charge >= 0.3 is 6.03 Å². The van der Waals surface area contributed by atoms with E-state index in [0.29, 0.717) is 26.3 Å². The number of piperidine rings is 1. The third kappa shape index (κ3) is 4.66. The van der Waals surface area contributed by atoms with Gasteiger partial charge in [-0.25, -0.2) is 4.79 Å². The Labute approximate surface area is 116 Å². The molecule has 2 aliphatic heterocycles. The molecule has 2 unspecified atom stereocenters. The minimum atomic E-state index is 0.0563. The van der Waals surface area contributed by atoms with Crippen LogP contribution >= 0.6 is 0 Å². The van der Waals surface area contributed by atoms with E-state index in [1.807, 2.05) is 4.90 Å². The maximum atomic E-state index is 12.1. The fourth-order valence-electron chi connectivity index (χ4n) is 2.95. The molecule has 5 nitrogen and oxygen atoms in total. The molecule has 2 atom stereocenters. The van der Waals surface area contributed by atoms with Crippen LogP contribution in [0.2, 0.25) is 0 Å². The molecule has 0 radical (unpaired) electrons. The standard InChI is InChI=1S/C14H27N3O2/c1-12-4-3-5-16(10-12)11-13(2)15-14(18)17-6-8-19-9-7-17/h12-13H,3-11H2,1-2H3,(H,15,18). The van der Waals surface area contributed by atoms with Gasteiger partial charge in [0, 0.05) is 32.2 Å². The van der Waals surface area contributed by atoms with Gasteiger partial charge in [0.15, 0.2) is 0 Å². The summed E-state index contributed by atoms with van der Waals surface area (Å²) >= 11 is 0. The quantitative estimate of drug-likeness (QED) is 0.836. The summed E-state index contributed by atoms with van der Waals surface area (Å²) in [6.07, 6.45) is 2.62. The van der Waals surface area contributed by atoms with Gasteiger partial charge in [-0.05, 0) is 32.2 Å². The highest BCUT2D eigenvalue weighted by Crippen LogP contribution is 2.15. The van der Waals surface area contributed by atoms with Crippen molar-refractivity contribution in [1.29, 1.82) is 0 Å². The minimum absolute atomic E-state index is 0.0563. The highest BCUT2D eigenvalue weighted by Gasteiger charge is 2.21. The third-order valence-corrected chi connectivity index (χ3v) is 3.94. The van der Waals surface area contributed by atoms with E-state index in [0.717, 1.165) is 19.0 Å². The van der Waals surface area contributed by atoms with Gasteiger partial charge in [-0.1, -0.05) is 6.92 Å². The summed E-state index contributed by atoms with van der Waals surface area (Å²) in [5.74, 6) is 0.788. The molecule has 0 aromatic rings. The van der Waals surface area contributed by atoms with Crippen LogP contribution in [0.25, 0.3) is 0 Å². The Bertz CT molecular complexity index is 292. The number of nitrogens with one attached hydrogen (secondary N) is 1. The third-order valence-electron chi connectivity index (χ3n) is 3.94. The average Bonchev–Trinajstić information content (AvgIpc) is 2.39. The number of hydrogen-bond donors (Lipinski definition) is 1. The molecule has 2 heterocycles. The Hall–Kier alpha value is -0.810. The van der Waals surface area contributed by atoms with Crippen LogP contribution in [-0.4, -0.2) is 67.8 Å². The van der Waals surface area contributed by atoms with Crippen LogP contribution in [0, 0.1) is 5.92 Å². The number of ether oxygens (including phenoxy) is 1. The van der Waals surface area contributed by atoms with Crippen molar-refractivity contribution in [2.24, 2.45) is 5.92 Å². The largest absolute Gasteiger partial charge is 0.378 e. The van der Waals surface area contributed by atoms with Gasteiger partial charge in [0.1, 0.15) is 0 Å². The molecule has 0 bridgehead atoms. The normalized spacial score (nSPS) is 27.1. The minimum Gasteiger partial charge on any atom is -0.378 e. The van der Waals surface area contributed by atoms with Crippen LogP contribution in [0.3, 0.4) is 0 Å². The molecule has 0 aliphatic carbocycles. The molecule has 2 saturated heterocycles. The van der Waals surface area contributed by atoms with E-state index < -0.39 is 0 Å². The Morgan fingerprint density at radius 1 is 1.37 bits per heavy atom. The molecule has 110 valence electrons. The van der Waals surface area contributed by atoms with E-state index >= 15 is 0 Å². The fourth-order valence-corrected chi connectivity index (χ4v) is 2.95. The molecule has 0 aromatic carbocycles. The summed E-state index contributed by atoms with van der Waals surface area (Å²) in [6, 6.07) is 0.265. The summed E-state index contributed by atoms with van der Waals surface area (Å²) in [6.45, 7) is 10.4. The van der Waals surface area contributed by atoms with Gasteiger partial charge < -0.3 is 19.9 Å². The lowest BCUT2D eigenvalue weighted by molar-refractivity contribution is 0.0520. The smallest absolute Gasteiger partial charge is 0.317 e. The van der Waals surface area contributed by atoms with Crippen LogP contribution in [0.5, 0.6) is 0 Å². The predicted molar refractivity (Wildman–Crippen MR) is 75.2 cm³/mol. The lowest BCUT2D eigenvalue weighted by Gasteiger charge is -2.34. The van der Waals surface area contributed by atoms with Crippen LogP contribution in [0.1, 0.15) is 26.7 Å². The molecule has 2 fully saturated rings. The number of rotatable bonds is 3. The topological polar surface area (TPSA) is 44.8 Å². The molecule has 0 aromatic heterocycles. The molecule has 0 saturated carbocycles. The number of likely N-dealkylation sites (tertiary alicyclic amines) is 1. The second-order valence-electron chi connectivity index (χ2n) is 5.96. The molecule has 19 heavy (non-hydrogen) atoms. The molecular formula is C14H27N3O2. The summed E-state index contributed by atoms with van der Waals surface area (Å²) in [5.41, 5.74) is 0. The van der Waals surface area contributed by atoms with Crippen LogP contribution in [-0.2, 0) is 4.74 Å². The fraction of sp³-hybridized carbons (Fsp3) is 0.929. The number of carbonyl (C=O) groups excluding carboxylic acids is 1. The number of morpholine rings is 1. The molecule has 2 aliphatic rings. The van der Waals surface area contributed by atoms with Crippen molar-refractivity contribution in [3.63, 3.8) is 0 Å². The Morgan fingerprint density at radius 2 is 2.11 bits per heavy atom.